The number of rotatable bonds is 5. The fourth-order valence-corrected chi connectivity index (χ4v) is 1.43. The summed E-state index contributed by atoms with van der Waals surface area (Å²) in [6.07, 6.45) is 0. The lowest BCUT2D eigenvalue weighted by atomic mass is 9.93. The maximum absolute atomic E-state index is 10.1. The summed E-state index contributed by atoms with van der Waals surface area (Å²) in [5, 5.41) is 19.4. The minimum absolute atomic E-state index is 0.0547. The molecule has 96 valence electrons. The van der Waals surface area contributed by atoms with Crippen LogP contribution in [0.25, 0.3) is 0 Å². The summed E-state index contributed by atoms with van der Waals surface area (Å²) in [4.78, 5) is 0. The molecule has 1 aromatic rings. The molecule has 1 atom stereocenters. The summed E-state index contributed by atoms with van der Waals surface area (Å²) in [6, 6.07) is 5.64. The largest absolute Gasteiger partial charge is 0.490 e. The molecule has 0 saturated carbocycles. The Kier molecular flexibility index (Phi) is 4.54. The molecule has 0 saturated heterocycles. The zero-order valence-electron chi connectivity index (χ0n) is 11.0. The molecular formula is C14H22O3. The molecule has 0 heterocycles. The number of ether oxygens (including phenoxy) is 1. The highest BCUT2D eigenvalue weighted by molar-refractivity contribution is 5.40. The lowest BCUT2D eigenvalue weighted by molar-refractivity contribution is -0.0272. The van der Waals surface area contributed by atoms with Gasteiger partial charge in [0.1, 0.15) is 12.4 Å². The van der Waals surface area contributed by atoms with Gasteiger partial charge < -0.3 is 14.9 Å². The molecule has 1 unspecified atom stereocenters. The Bertz CT molecular complexity index is 370. The highest BCUT2D eigenvalue weighted by Crippen LogP contribution is 2.26. The summed E-state index contributed by atoms with van der Waals surface area (Å²) in [5.74, 6) is 0.792. The normalized spacial score (nSPS) is 14.8. The Morgan fingerprint density at radius 1 is 1.35 bits per heavy atom. The first-order valence-electron chi connectivity index (χ1n) is 5.93. The molecule has 0 amide bonds. The summed E-state index contributed by atoms with van der Waals surface area (Å²) < 4.78 is 5.67. The number of para-hydroxylation sites is 1. The quantitative estimate of drug-likeness (QED) is 0.827. The number of aliphatic hydroxyl groups excluding tert-OH is 1. The van der Waals surface area contributed by atoms with Crippen molar-refractivity contribution in [2.75, 3.05) is 6.61 Å². The number of hydrogen-bond donors (Lipinski definition) is 2. The number of aryl methyl sites for hydroxylation is 1. The lowest BCUT2D eigenvalue weighted by Crippen LogP contribution is -2.38. The van der Waals surface area contributed by atoms with Crippen molar-refractivity contribution in [1.29, 1.82) is 0 Å². The first-order chi connectivity index (χ1) is 7.88. The van der Waals surface area contributed by atoms with Crippen LogP contribution in [0.4, 0.5) is 0 Å². The van der Waals surface area contributed by atoms with Crippen molar-refractivity contribution in [3.05, 3.63) is 29.3 Å². The van der Waals surface area contributed by atoms with E-state index in [2.05, 4.69) is 0 Å². The molecular weight excluding hydrogens is 216 g/mol. The molecule has 17 heavy (non-hydrogen) atoms. The van der Waals surface area contributed by atoms with Crippen molar-refractivity contribution >= 4 is 0 Å². The van der Waals surface area contributed by atoms with E-state index >= 15 is 0 Å². The Morgan fingerprint density at radius 2 is 2.00 bits per heavy atom. The van der Waals surface area contributed by atoms with Gasteiger partial charge >= 0.3 is 0 Å². The standard InChI is InChI=1S/C14H22O3/c1-10(2)14(4,16)9-17-13-11(3)6-5-7-12(13)8-15/h5-7,10,15-16H,8-9H2,1-4H3. The fraction of sp³-hybridized carbons (Fsp3) is 0.571. The van der Waals surface area contributed by atoms with E-state index in [4.69, 9.17) is 4.74 Å². The maximum atomic E-state index is 10.1. The summed E-state index contributed by atoms with van der Waals surface area (Å²) >= 11 is 0. The monoisotopic (exact) mass is 238 g/mol. The van der Waals surface area contributed by atoms with Crippen LogP contribution in [-0.4, -0.2) is 22.4 Å². The van der Waals surface area contributed by atoms with Crippen molar-refractivity contribution in [1.82, 2.24) is 0 Å². The molecule has 0 aliphatic carbocycles. The van der Waals surface area contributed by atoms with Gasteiger partial charge in [-0.3, -0.25) is 0 Å². The summed E-state index contributed by atoms with van der Waals surface area (Å²) in [7, 11) is 0. The minimum atomic E-state index is -0.866. The number of benzene rings is 1. The second-order valence-electron chi connectivity index (χ2n) is 5.02. The summed E-state index contributed by atoms with van der Waals surface area (Å²) in [5.41, 5.74) is 0.857. The average Bonchev–Trinajstić information content (AvgIpc) is 2.26. The van der Waals surface area contributed by atoms with Gasteiger partial charge in [0.05, 0.1) is 12.2 Å². The summed E-state index contributed by atoms with van der Waals surface area (Å²) in [6.45, 7) is 7.76. The Balaban J connectivity index is 2.82. The zero-order valence-corrected chi connectivity index (χ0v) is 11.0. The first kappa shape index (κ1) is 14.0. The van der Waals surface area contributed by atoms with Gasteiger partial charge in [0.2, 0.25) is 0 Å². The van der Waals surface area contributed by atoms with Gasteiger partial charge in [-0.25, -0.2) is 0 Å². The molecule has 0 radical (unpaired) electrons. The van der Waals surface area contributed by atoms with Crippen LogP contribution < -0.4 is 4.74 Å². The molecule has 3 heteroatoms. The third-order valence-corrected chi connectivity index (χ3v) is 3.22. The second kappa shape index (κ2) is 5.52. The molecule has 0 aromatic heterocycles. The number of aliphatic hydroxyl groups is 2. The minimum Gasteiger partial charge on any atom is -0.490 e. The van der Waals surface area contributed by atoms with E-state index in [9.17, 15) is 10.2 Å². The van der Waals surface area contributed by atoms with Crippen LogP contribution in [0.3, 0.4) is 0 Å². The van der Waals surface area contributed by atoms with Gasteiger partial charge in [0, 0.05) is 5.56 Å². The average molecular weight is 238 g/mol. The van der Waals surface area contributed by atoms with Gasteiger partial charge in [-0.1, -0.05) is 32.0 Å². The van der Waals surface area contributed by atoms with Crippen LogP contribution in [0.5, 0.6) is 5.75 Å². The molecule has 0 aliphatic heterocycles. The van der Waals surface area contributed by atoms with E-state index in [1.807, 2.05) is 39.0 Å². The van der Waals surface area contributed by atoms with Gasteiger partial charge in [-0.2, -0.15) is 0 Å². The van der Waals surface area contributed by atoms with Gasteiger partial charge in [0.15, 0.2) is 0 Å². The van der Waals surface area contributed by atoms with Crippen LogP contribution in [0.2, 0.25) is 0 Å². The third kappa shape index (κ3) is 3.45. The number of hydrogen-bond acceptors (Lipinski definition) is 3. The van der Waals surface area contributed by atoms with Crippen molar-refractivity contribution in [3.8, 4) is 5.75 Å². The van der Waals surface area contributed by atoms with Gasteiger partial charge in [-0.15, -0.1) is 0 Å². The smallest absolute Gasteiger partial charge is 0.127 e. The molecule has 0 fully saturated rings. The molecule has 0 spiro atoms. The highest BCUT2D eigenvalue weighted by Gasteiger charge is 2.26. The zero-order chi connectivity index (χ0) is 13.1. The maximum Gasteiger partial charge on any atom is 0.127 e. The SMILES string of the molecule is Cc1cccc(CO)c1OCC(C)(O)C(C)C. The lowest BCUT2D eigenvalue weighted by Gasteiger charge is -2.28. The topological polar surface area (TPSA) is 49.7 Å². The molecule has 0 aliphatic rings. The molecule has 3 nitrogen and oxygen atoms in total. The predicted molar refractivity (Wildman–Crippen MR) is 68.1 cm³/mol. The van der Waals surface area contributed by atoms with E-state index in [-0.39, 0.29) is 19.1 Å². The molecule has 1 aromatic carbocycles. The van der Waals surface area contributed by atoms with Gasteiger partial charge in [-0.05, 0) is 25.3 Å². The van der Waals surface area contributed by atoms with E-state index in [1.54, 1.807) is 6.92 Å². The van der Waals surface area contributed by atoms with Crippen LogP contribution in [-0.2, 0) is 6.61 Å². The molecule has 0 bridgehead atoms. The van der Waals surface area contributed by atoms with Crippen molar-refractivity contribution in [3.63, 3.8) is 0 Å². The van der Waals surface area contributed by atoms with Gasteiger partial charge in [0.25, 0.3) is 0 Å². The van der Waals surface area contributed by atoms with Crippen LogP contribution in [0.1, 0.15) is 31.9 Å². The fourth-order valence-electron chi connectivity index (χ4n) is 1.43. The van der Waals surface area contributed by atoms with E-state index in [0.717, 1.165) is 11.1 Å². The van der Waals surface area contributed by atoms with Crippen LogP contribution in [0.15, 0.2) is 18.2 Å². The Morgan fingerprint density at radius 3 is 2.53 bits per heavy atom. The van der Waals surface area contributed by atoms with Crippen molar-refractivity contribution in [2.45, 2.75) is 39.9 Å². The van der Waals surface area contributed by atoms with E-state index < -0.39 is 5.60 Å². The molecule has 1 rings (SSSR count). The van der Waals surface area contributed by atoms with Crippen LogP contribution in [0, 0.1) is 12.8 Å². The first-order valence-corrected chi connectivity index (χ1v) is 5.93. The van der Waals surface area contributed by atoms with E-state index in [1.165, 1.54) is 0 Å². The highest BCUT2D eigenvalue weighted by atomic mass is 16.5. The van der Waals surface area contributed by atoms with Crippen molar-refractivity contribution in [2.24, 2.45) is 5.92 Å². The third-order valence-electron chi connectivity index (χ3n) is 3.22. The van der Waals surface area contributed by atoms with E-state index in [0.29, 0.717) is 5.75 Å². The van der Waals surface area contributed by atoms with Crippen LogP contribution >= 0.6 is 0 Å². The Hall–Kier alpha value is -1.06. The predicted octanol–water partition coefficient (Wildman–Crippen LogP) is 2.27. The Labute approximate surface area is 103 Å². The molecule has 2 N–H and O–H groups in total. The van der Waals surface area contributed by atoms with Crippen molar-refractivity contribution < 1.29 is 14.9 Å². The second-order valence-corrected chi connectivity index (χ2v) is 5.02.